The van der Waals surface area contributed by atoms with Crippen molar-refractivity contribution in [3.05, 3.63) is 100 Å². The summed E-state index contributed by atoms with van der Waals surface area (Å²) in [5, 5.41) is 11.2. The highest BCUT2D eigenvalue weighted by atomic mass is 35.5. The molecule has 0 aromatic heterocycles. The van der Waals surface area contributed by atoms with E-state index >= 15 is 0 Å². The van der Waals surface area contributed by atoms with Gasteiger partial charge in [-0.25, -0.2) is 8.78 Å². The molecule has 3 aromatic rings. The molecule has 5 nitrogen and oxygen atoms in total. The number of rotatable bonds is 4. The van der Waals surface area contributed by atoms with Crippen molar-refractivity contribution < 1.29 is 28.2 Å². The number of ether oxygens (including phenoxy) is 1. The summed E-state index contributed by atoms with van der Waals surface area (Å²) in [6.07, 6.45) is 0. The second-order valence-corrected chi connectivity index (χ2v) is 7.43. The third-order valence-corrected chi connectivity index (χ3v) is 5.49. The summed E-state index contributed by atoms with van der Waals surface area (Å²) in [7, 11) is 1.42. The number of aliphatic hydroxyl groups excluding tert-OH is 1. The second-order valence-electron chi connectivity index (χ2n) is 7.02. The minimum atomic E-state index is -1.21. The summed E-state index contributed by atoms with van der Waals surface area (Å²) >= 11 is 6.23. The number of carbonyl (C=O) groups excluding carboxylic acids is 2. The number of hydrogen-bond donors (Lipinski definition) is 1. The Morgan fingerprint density at radius 1 is 1.03 bits per heavy atom. The average Bonchev–Trinajstić information content (AvgIpc) is 3.06. The zero-order valence-electron chi connectivity index (χ0n) is 16.7. The predicted molar refractivity (Wildman–Crippen MR) is 116 cm³/mol. The number of Topliss-reactive ketones (excluding diaryl/α,β-unsaturated/α-hetero) is 1. The molecule has 1 aliphatic rings. The van der Waals surface area contributed by atoms with E-state index in [-0.39, 0.29) is 16.2 Å². The number of hydrogen-bond acceptors (Lipinski definition) is 4. The molecule has 1 unspecified atom stereocenters. The molecule has 1 saturated heterocycles. The maximum atomic E-state index is 14.6. The van der Waals surface area contributed by atoms with E-state index < -0.39 is 40.8 Å². The largest absolute Gasteiger partial charge is 0.507 e. The second kappa shape index (κ2) is 8.43. The van der Waals surface area contributed by atoms with Crippen molar-refractivity contribution in [2.75, 3.05) is 12.0 Å². The average molecular weight is 456 g/mol. The van der Waals surface area contributed by atoms with Gasteiger partial charge in [-0.15, -0.1) is 0 Å². The lowest BCUT2D eigenvalue weighted by atomic mass is 9.95. The SMILES string of the molecule is COc1ccc(Cl)c(/C(O)=C2\C(=O)C(=O)N(c3cc(F)ccc3F)C2c2ccccc2)c1. The van der Waals surface area contributed by atoms with Gasteiger partial charge in [0.25, 0.3) is 11.7 Å². The molecule has 1 heterocycles. The maximum Gasteiger partial charge on any atom is 0.300 e. The molecule has 0 saturated carbocycles. The van der Waals surface area contributed by atoms with Crippen LogP contribution in [-0.4, -0.2) is 23.9 Å². The van der Waals surface area contributed by atoms with Crippen LogP contribution < -0.4 is 9.64 Å². The third-order valence-electron chi connectivity index (χ3n) is 5.16. The minimum Gasteiger partial charge on any atom is -0.507 e. The smallest absolute Gasteiger partial charge is 0.300 e. The molecule has 1 N–H and O–H groups in total. The van der Waals surface area contributed by atoms with Crippen LogP contribution >= 0.6 is 11.6 Å². The van der Waals surface area contributed by atoms with Crippen molar-refractivity contribution in [1.82, 2.24) is 0 Å². The van der Waals surface area contributed by atoms with Gasteiger partial charge in [-0.2, -0.15) is 0 Å². The summed E-state index contributed by atoms with van der Waals surface area (Å²) in [5.41, 5.74) is -0.252. The summed E-state index contributed by atoms with van der Waals surface area (Å²) in [6.45, 7) is 0. The van der Waals surface area contributed by atoms with Crippen LogP contribution in [0.3, 0.4) is 0 Å². The predicted octanol–water partition coefficient (Wildman–Crippen LogP) is 5.25. The van der Waals surface area contributed by atoms with Gasteiger partial charge in [0, 0.05) is 11.6 Å². The maximum absolute atomic E-state index is 14.6. The van der Waals surface area contributed by atoms with Crippen LogP contribution in [0.5, 0.6) is 5.75 Å². The number of methoxy groups -OCH3 is 1. The van der Waals surface area contributed by atoms with Gasteiger partial charge in [-0.1, -0.05) is 41.9 Å². The van der Waals surface area contributed by atoms with Crippen LogP contribution in [0.4, 0.5) is 14.5 Å². The van der Waals surface area contributed by atoms with E-state index in [1.54, 1.807) is 36.4 Å². The lowest BCUT2D eigenvalue weighted by molar-refractivity contribution is -0.132. The van der Waals surface area contributed by atoms with Gasteiger partial charge in [0.1, 0.15) is 23.1 Å². The number of ketones is 1. The molecular weight excluding hydrogens is 440 g/mol. The van der Waals surface area contributed by atoms with Gasteiger partial charge in [0.2, 0.25) is 0 Å². The van der Waals surface area contributed by atoms with E-state index in [0.29, 0.717) is 11.3 Å². The molecule has 8 heteroatoms. The first-order chi connectivity index (χ1) is 15.3. The molecule has 0 aliphatic carbocycles. The number of carbonyl (C=O) groups is 2. The molecule has 1 atom stereocenters. The Labute approximate surface area is 187 Å². The minimum absolute atomic E-state index is 0.0599. The van der Waals surface area contributed by atoms with Crippen molar-refractivity contribution in [3.63, 3.8) is 0 Å². The lowest BCUT2D eigenvalue weighted by Gasteiger charge is -2.25. The van der Waals surface area contributed by atoms with E-state index in [1.165, 1.54) is 19.2 Å². The highest BCUT2D eigenvalue weighted by Gasteiger charge is 2.48. The first kappa shape index (κ1) is 21.5. The fraction of sp³-hybridized carbons (Fsp3) is 0.0833. The van der Waals surface area contributed by atoms with Crippen molar-refractivity contribution in [2.45, 2.75) is 6.04 Å². The molecule has 1 fully saturated rings. The topological polar surface area (TPSA) is 66.8 Å². The third kappa shape index (κ3) is 3.61. The molecule has 1 amide bonds. The normalized spacial score (nSPS) is 17.6. The molecular formula is C24H16ClF2NO4. The Hall–Kier alpha value is -3.71. The Morgan fingerprint density at radius 3 is 2.44 bits per heavy atom. The quantitative estimate of drug-likeness (QED) is 0.331. The zero-order chi connectivity index (χ0) is 23.0. The van der Waals surface area contributed by atoms with Crippen molar-refractivity contribution in [1.29, 1.82) is 0 Å². The summed E-state index contributed by atoms with van der Waals surface area (Å²) in [6, 6.07) is 14.1. The molecule has 3 aromatic carbocycles. The monoisotopic (exact) mass is 455 g/mol. The van der Waals surface area contributed by atoms with Crippen LogP contribution in [0, 0.1) is 11.6 Å². The van der Waals surface area contributed by atoms with Crippen molar-refractivity contribution >= 4 is 34.7 Å². The van der Waals surface area contributed by atoms with E-state index in [9.17, 15) is 23.5 Å². The molecule has 0 bridgehead atoms. The van der Waals surface area contributed by atoms with Crippen LogP contribution in [-0.2, 0) is 9.59 Å². The van der Waals surface area contributed by atoms with Crippen LogP contribution in [0.1, 0.15) is 17.2 Å². The van der Waals surface area contributed by atoms with Gasteiger partial charge in [-0.05, 0) is 35.9 Å². The fourth-order valence-corrected chi connectivity index (χ4v) is 3.87. The number of amides is 1. The molecule has 0 spiro atoms. The number of aliphatic hydroxyl groups is 1. The first-order valence-corrected chi connectivity index (χ1v) is 9.86. The highest BCUT2D eigenvalue weighted by Crippen LogP contribution is 2.44. The molecule has 4 rings (SSSR count). The summed E-state index contributed by atoms with van der Waals surface area (Å²) < 4.78 is 33.7. The number of anilines is 1. The fourth-order valence-electron chi connectivity index (χ4n) is 3.66. The summed E-state index contributed by atoms with van der Waals surface area (Å²) in [5.74, 6) is -4.04. The van der Waals surface area contributed by atoms with E-state index in [0.717, 1.165) is 23.1 Å². The van der Waals surface area contributed by atoms with Crippen molar-refractivity contribution in [2.24, 2.45) is 0 Å². The molecule has 32 heavy (non-hydrogen) atoms. The molecule has 162 valence electrons. The Balaban J connectivity index is 2.00. The number of halogens is 3. The van der Waals surface area contributed by atoms with Gasteiger partial charge in [-0.3, -0.25) is 14.5 Å². The van der Waals surface area contributed by atoms with Crippen molar-refractivity contribution in [3.8, 4) is 5.75 Å². The lowest BCUT2D eigenvalue weighted by Crippen LogP contribution is -2.30. The van der Waals surface area contributed by atoms with Crippen LogP contribution in [0.2, 0.25) is 5.02 Å². The van der Waals surface area contributed by atoms with Gasteiger partial charge in [0.05, 0.1) is 29.4 Å². The van der Waals surface area contributed by atoms with Gasteiger partial charge in [0.15, 0.2) is 0 Å². The Bertz CT molecular complexity index is 1260. The highest BCUT2D eigenvalue weighted by molar-refractivity contribution is 6.52. The van der Waals surface area contributed by atoms with Crippen LogP contribution in [0.15, 0.2) is 72.3 Å². The number of benzene rings is 3. The molecule has 1 aliphatic heterocycles. The van der Waals surface area contributed by atoms with E-state index in [2.05, 4.69) is 0 Å². The van der Waals surface area contributed by atoms with Gasteiger partial charge >= 0.3 is 0 Å². The molecule has 0 radical (unpaired) electrons. The standard InChI is InChI=1S/C24H16ClF2NO4/c1-32-15-8-9-17(25)16(12-15)22(29)20-21(13-5-3-2-4-6-13)28(24(31)23(20)30)19-11-14(26)7-10-18(19)27/h2-12,21,29H,1H3/b22-20+. The Kier molecular flexibility index (Phi) is 5.67. The first-order valence-electron chi connectivity index (χ1n) is 9.48. The van der Waals surface area contributed by atoms with E-state index in [1.807, 2.05) is 0 Å². The van der Waals surface area contributed by atoms with E-state index in [4.69, 9.17) is 16.3 Å². The summed E-state index contributed by atoms with van der Waals surface area (Å²) in [4.78, 5) is 26.9. The van der Waals surface area contributed by atoms with Crippen LogP contribution in [0.25, 0.3) is 5.76 Å². The van der Waals surface area contributed by atoms with Gasteiger partial charge < -0.3 is 9.84 Å². The number of nitrogens with zero attached hydrogens (tertiary/aromatic N) is 1. The zero-order valence-corrected chi connectivity index (χ0v) is 17.4. The Morgan fingerprint density at radius 2 is 1.75 bits per heavy atom.